The van der Waals surface area contributed by atoms with Crippen molar-refractivity contribution >= 4 is 12.6 Å². The van der Waals surface area contributed by atoms with E-state index in [1.54, 1.807) is 0 Å². The molecule has 0 spiro atoms. The molecule has 0 bridgehead atoms. The first-order chi connectivity index (χ1) is 6.74. The number of nitrogens with zero attached hydrogens (tertiary/aromatic N) is 1. The van der Waals surface area contributed by atoms with Crippen LogP contribution in [0.4, 0.5) is 0 Å². The molecule has 0 saturated heterocycles. The molecule has 1 rings (SSSR count). The fourth-order valence-corrected chi connectivity index (χ4v) is 1.64. The van der Waals surface area contributed by atoms with Crippen molar-refractivity contribution in [2.45, 2.75) is 19.9 Å². The minimum atomic E-state index is 0.970. The second-order valence-electron chi connectivity index (χ2n) is 3.74. The fraction of sp³-hybridized carbons (Fsp3) is 0.500. The second kappa shape index (κ2) is 6.10. The van der Waals surface area contributed by atoms with Crippen molar-refractivity contribution in [3.05, 3.63) is 35.4 Å². The molecule has 0 aliphatic carbocycles. The molecular formula is C12H19NS. The minimum Gasteiger partial charge on any atom is -0.302 e. The largest absolute Gasteiger partial charge is 0.302 e. The maximum Gasteiger partial charge on any atom is 0.0233 e. The molecule has 14 heavy (non-hydrogen) atoms. The third-order valence-corrected chi connectivity index (χ3v) is 2.72. The Balaban J connectivity index is 2.47. The number of aryl methyl sites for hydroxylation is 1. The summed E-state index contributed by atoms with van der Waals surface area (Å²) in [5.41, 5.74) is 2.80. The summed E-state index contributed by atoms with van der Waals surface area (Å²) in [6, 6.07) is 8.57. The van der Waals surface area contributed by atoms with E-state index in [4.69, 9.17) is 0 Å². The molecule has 0 aliphatic heterocycles. The molecule has 0 unspecified atom stereocenters. The third kappa shape index (κ3) is 3.72. The van der Waals surface area contributed by atoms with Crippen LogP contribution in [0.15, 0.2) is 24.3 Å². The Morgan fingerprint density at radius 3 is 2.64 bits per heavy atom. The molecule has 1 nitrogen and oxygen atoms in total. The van der Waals surface area contributed by atoms with Gasteiger partial charge in [-0.2, -0.15) is 12.6 Å². The third-order valence-electron chi connectivity index (χ3n) is 2.40. The second-order valence-corrected chi connectivity index (χ2v) is 4.19. The van der Waals surface area contributed by atoms with Crippen molar-refractivity contribution in [2.24, 2.45) is 0 Å². The first kappa shape index (κ1) is 11.6. The van der Waals surface area contributed by atoms with E-state index in [0.717, 1.165) is 25.3 Å². The number of benzene rings is 1. The fourth-order valence-electron chi connectivity index (χ4n) is 1.50. The lowest BCUT2D eigenvalue weighted by Crippen LogP contribution is -2.19. The van der Waals surface area contributed by atoms with E-state index in [1.165, 1.54) is 11.1 Å². The standard InChI is InChI=1S/C12H19NS/c1-11-6-3-4-7-12(11)10-13(2)8-5-9-14/h3-4,6-7,14H,5,8-10H2,1-2H3. The van der Waals surface area contributed by atoms with Crippen molar-refractivity contribution in [2.75, 3.05) is 19.3 Å². The first-order valence-electron chi connectivity index (χ1n) is 5.08. The monoisotopic (exact) mass is 209 g/mol. The summed E-state index contributed by atoms with van der Waals surface area (Å²) >= 11 is 4.22. The van der Waals surface area contributed by atoms with Crippen LogP contribution in [-0.2, 0) is 6.54 Å². The summed E-state index contributed by atoms with van der Waals surface area (Å²) in [6.45, 7) is 4.33. The average Bonchev–Trinajstić information content (AvgIpc) is 2.18. The van der Waals surface area contributed by atoms with Crippen LogP contribution in [0.25, 0.3) is 0 Å². The lowest BCUT2D eigenvalue weighted by atomic mass is 10.1. The number of hydrogen-bond acceptors (Lipinski definition) is 2. The number of thiol groups is 1. The van der Waals surface area contributed by atoms with Crippen molar-refractivity contribution < 1.29 is 0 Å². The van der Waals surface area contributed by atoms with Gasteiger partial charge in [0.1, 0.15) is 0 Å². The van der Waals surface area contributed by atoms with Crippen molar-refractivity contribution in [1.29, 1.82) is 0 Å². The van der Waals surface area contributed by atoms with E-state index < -0.39 is 0 Å². The van der Waals surface area contributed by atoms with Crippen LogP contribution in [-0.4, -0.2) is 24.2 Å². The Bertz CT molecular complexity index is 273. The molecule has 0 amide bonds. The smallest absolute Gasteiger partial charge is 0.0233 e. The predicted molar refractivity (Wildman–Crippen MR) is 66.0 cm³/mol. The van der Waals surface area contributed by atoms with E-state index in [2.05, 4.69) is 55.8 Å². The maximum atomic E-state index is 4.22. The first-order valence-corrected chi connectivity index (χ1v) is 5.71. The molecule has 0 aliphatic rings. The molecule has 0 N–H and O–H groups in total. The van der Waals surface area contributed by atoms with Gasteiger partial charge in [-0.05, 0) is 43.8 Å². The zero-order valence-corrected chi connectivity index (χ0v) is 9.93. The topological polar surface area (TPSA) is 3.24 Å². The van der Waals surface area contributed by atoms with E-state index in [1.807, 2.05) is 0 Å². The lowest BCUT2D eigenvalue weighted by Gasteiger charge is -2.17. The molecule has 0 aromatic heterocycles. The molecule has 1 aromatic rings. The van der Waals surface area contributed by atoms with Crippen molar-refractivity contribution in [1.82, 2.24) is 4.90 Å². The van der Waals surface area contributed by atoms with Gasteiger partial charge in [0.05, 0.1) is 0 Å². The molecule has 0 fully saturated rings. The summed E-state index contributed by atoms with van der Waals surface area (Å²) in [5.74, 6) is 0.970. The normalized spacial score (nSPS) is 10.9. The molecule has 78 valence electrons. The van der Waals surface area contributed by atoms with Gasteiger partial charge in [0.25, 0.3) is 0 Å². The van der Waals surface area contributed by atoms with Gasteiger partial charge in [-0.3, -0.25) is 0 Å². The molecule has 2 heteroatoms. The molecule has 0 heterocycles. The summed E-state index contributed by atoms with van der Waals surface area (Å²) in [4.78, 5) is 2.35. The quantitative estimate of drug-likeness (QED) is 0.730. The Morgan fingerprint density at radius 1 is 1.29 bits per heavy atom. The van der Waals surface area contributed by atoms with Crippen LogP contribution < -0.4 is 0 Å². The molecule has 1 aromatic carbocycles. The Labute approximate surface area is 92.5 Å². The van der Waals surface area contributed by atoms with Gasteiger partial charge in [0.15, 0.2) is 0 Å². The van der Waals surface area contributed by atoms with Crippen LogP contribution >= 0.6 is 12.6 Å². The van der Waals surface area contributed by atoms with Gasteiger partial charge in [0, 0.05) is 6.54 Å². The Kier molecular flexibility index (Phi) is 5.05. The SMILES string of the molecule is Cc1ccccc1CN(C)CCCS. The van der Waals surface area contributed by atoms with Gasteiger partial charge in [-0.15, -0.1) is 0 Å². The van der Waals surface area contributed by atoms with Crippen LogP contribution in [0, 0.1) is 6.92 Å². The Morgan fingerprint density at radius 2 is 2.00 bits per heavy atom. The molecular weight excluding hydrogens is 190 g/mol. The summed E-state index contributed by atoms with van der Waals surface area (Å²) in [5, 5.41) is 0. The van der Waals surface area contributed by atoms with E-state index in [0.29, 0.717) is 0 Å². The Hall–Kier alpha value is -0.470. The molecule has 0 radical (unpaired) electrons. The highest BCUT2D eigenvalue weighted by molar-refractivity contribution is 7.80. The summed E-state index contributed by atoms with van der Waals surface area (Å²) in [7, 11) is 2.16. The lowest BCUT2D eigenvalue weighted by molar-refractivity contribution is 0.328. The maximum absolute atomic E-state index is 4.22. The molecule has 0 atom stereocenters. The summed E-state index contributed by atoms with van der Waals surface area (Å²) in [6.07, 6.45) is 1.16. The van der Waals surface area contributed by atoms with E-state index >= 15 is 0 Å². The highest BCUT2D eigenvalue weighted by Crippen LogP contribution is 2.09. The van der Waals surface area contributed by atoms with Crippen molar-refractivity contribution in [3.8, 4) is 0 Å². The minimum absolute atomic E-state index is 0.970. The van der Waals surface area contributed by atoms with Gasteiger partial charge >= 0.3 is 0 Å². The van der Waals surface area contributed by atoms with Crippen LogP contribution in [0.1, 0.15) is 17.5 Å². The van der Waals surface area contributed by atoms with Gasteiger partial charge in [-0.1, -0.05) is 24.3 Å². The predicted octanol–water partition coefficient (Wildman–Crippen LogP) is 2.75. The number of hydrogen-bond donors (Lipinski definition) is 1. The highest BCUT2D eigenvalue weighted by Gasteiger charge is 2.01. The van der Waals surface area contributed by atoms with E-state index in [-0.39, 0.29) is 0 Å². The van der Waals surface area contributed by atoms with Crippen molar-refractivity contribution in [3.63, 3.8) is 0 Å². The zero-order chi connectivity index (χ0) is 10.4. The molecule has 0 saturated carbocycles. The highest BCUT2D eigenvalue weighted by atomic mass is 32.1. The zero-order valence-electron chi connectivity index (χ0n) is 9.03. The van der Waals surface area contributed by atoms with Gasteiger partial charge in [-0.25, -0.2) is 0 Å². The van der Waals surface area contributed by atoms with E-state index in [9.17, 15) is 0 Å². The van der Waals surface area contributed by atoms with Crippen LogP contribution in [0.3, 0.4) is 0 Å². The van der Waals surface area contributed by atoms with Crippen LogP contribution in [0.5, 0.6) is 0 Å². The summed E-state index contributed by atoms with van der Waals surface area (Å²) < 4.78 is 0. The van der Waals surface area contributed by atoms with Gasteiger partial charge < -0.3 is 4.90 Å². The van der Waals surface area contributed by atoms with Gasteiger partial charge in [0.2, 0.25) is 0 Å². The van der Waals surface area contributed by atoms with Crippen LogP contribution in [0.2, 0.25) is 0 Å². The average molecular weight is 209 g/mol. The number of rotatable bonds is 5.